The second-order valence-electron chi connectivity index (χ2n) is 4.65. The van der Waals surface area contributed by atoms with Crippen LogP contribution in [0.4, 0.5) is 0 Å². The molecular formula is C16H26S2. The molecule has 0 fully saturated rings. The van der Waals surface area contributed by atoms with Gasteiger partial charge in [0.15, 0.2) is 0 Å². The van der Waals surface area contributed by atoms with Crippen molar-refractivity contribution in [3.05, 3.63) is 29.8 Å². The lowest BCUT2D eigenvalue weighted by atomic mass is 10.1. The first-order valence-electron chi connectivity index (χ1n) is 7.07. The lowest BCUT2D eigenvalue weighted by Gasteiger charge is -2.04. The molecule has 0 aromatic heterocycles. The van der Waals surface area contributed by atoms with Gasteiger partial charge in [0.25, 0.3) is 0 Å². The zero-order chi connectivity index (χ0) is 13.1. The Labute approximate surface area is 121 Å². The van der Waals surface area contributed by atoms with E-state index in [2.05, 4.69) is 37.4 Å². The van der Waals surface area contributed by atoms with Crippen molar-refractivity contribution in [3.63, 3.8) is 0 Å². The summed E-state index contributed by atoms with van der Waals surface area (Å²) in [7, 11) is 0. The van der Waals surface area contributed by atoms with Gasteiger partial charge in [-0.15, -0.1) is 11.8 Å². The minimum absolute atomic E-state index is 1.22. The zero-order valence-corrected chi connectivity index (χ0v) is 13.4. The van der Waals surface area contributed by atoms with E-state index in [1.807, 2.05) is 23.5 Å². The van der Waals surface area contributed by atoms with E-state index in [1.165, 1.54) is 60.5 Å². The SMILES string of the molecule is CCCCCCCc1ccc(SCCSC)cc1. The van der Waals surface area contributed by atoms with E-state index < -0.39 is 0 Å². The molecule has 1 aromatic rings. The number of hydrogen-bond donors (Lipinski definition) is 0. The molecule has 0 radical (unpaired) electrons. The van der Waals surface area contributed by atoms with Crippen molar-refractivity contribution < 1.29 is 0 Å². The van der Waals surface area contributed by atoms with Crippen molar-refractivity contribution >= 4 is 23.5 Å². The van der Waals surface area contributed by atoms with Gasteiger partial charge in [-0.3, -0.25) is 0 Å². The van der Waals surface area contributed by atoms with Crippen LogP contribution < -0.4 is 0 Å². The maximum atomic E-state index is 2.31. The number of thioether (sulfide) groups is 2. The van der Waals surface area contributed by atoms with Crippen molar-refractivity contribution in [2.24, 2.45) is 0 Å². The Morgan fingerprint density at radius 3 is 2.28 bits per heavy atom. The number of benzene rings is 1. The van der Waals surface area contributed by atoms with Gasteiger partial charge in [0.2, 0.25) is 0 Å². The maximum absolute atomic E-state index is 2.31. The molecule has 0 saturated carbocycles. The molecule has 0 unspecified atom stereocenters. The fourth-order valence-corrected chi connectivity index (χ4v) is 3.49. The fraction of sp³-hybridized carbons (Fsp3) is 0.625. The van der Waals surface area contributed by atoms with Crippen LogP contribution >= 0.6 is 23.5 Å². The van der Waals surface area contributed by atoms with Gasteiger partial charge in [-0.1, -0.05) is 44.7 Å². The summed E-state index contributed by atoms with van der Waals surface area (Å²) in [5.41, 5.74) is 1.50. The van der Waals surface area contributed by atoms with Crippen molar-refractivity contribution in [3.8, 4) is 0 Å². The molecule has 0 N–H and O–H groups in total. The Morgan fingerprint density at radius 2 is 1.61 bits per heavy atom. The van der Waals surface area contributed by atoms with E-state index in [0.29, 0.717) is 0 Å². The van der Waals surface area contributed by atoms with E-state index in [-0.39, 0.29) is 0 Å². The maximum Gasteiger partial charge on any atom is 0.00724 e. The van der Waals surface area contributed by atoms with Crippen LogP contribution in [0.5, 0.6) is 0 Å². The summed E-state index contributed by atoms with van der Waals surface area (Å²) in [5, 5.41) is 0. The molecule has 0 bridgehead atoms. The predicted octanol–water partition coefficient (Wildman–Crippen LogP) is 5.65. The summed E-state index contributed by atoms with van der Waals surface area (Å²) in [6.45, 7) is 2.27. The molecule has 0 nitrogen and oxygen atoms in total. The second kappa shape index (κ2) is 10.8. The number of aryl methyl sites for hydroxylation is 1. The molecule has 0 spiro atoms. The van der Waals surface area contributed by atoms with E-state index in [0.717, 1.165) is 0 Å². The van der Waals surface area contributed by atoms with Crippen LogP contribution in [-0.2, 0) is 6.42 Å². The molecular weight excluding hydrogens is 256 g/mol. The molecule has 0 aliphatic carbocycles. The first-order valence-corrected chi connectivity index (χ1v) is 9.45. The highest BCUT2D eigenvalue weighted by molar-refractivity contribution is 8.02. The van der Waals surface area contributed by atoms with Gasteiger partial charge < -0.3 is 0 Å². The average Bonchev–Trinajstić information content (AvgIpc) is 2.40. The lowest BCUT2D eigenvalue weighted by Crippen LogP contribution is -1.87. The lowest BCUT2D eigenvalue weighted by molar-refractivity contribution is 0.632. The topological polar surface area (TPSA) is 0 Å². The van der Waals surface area contributed by atoms with Gasteiger partial charge in [-0.2, -0.15) is 11.8 Å². The molecule has 2 heteroatoms. The summed E-state index contributed by atoms with van der Waals surface area (Å²) in [5.74, 6) is 2.46. The Balaban J connectivity index is 2.19. The van der Waals surface area contributed by atoms with Crippen molar-refractivity contribution in [1.82, 2.24) is 0 Å². The van der Waals surface area contributed by atoms with Crippen LogP contribution in [0.2, 0.25) is 0 Å². The quantitative estimate of drug-likeness (QED) is 0.401. The molecule has 102 valence electrons. The monoisotopic (exact) mass is 282 g/mol. The number of unbranched alkanes of at least 4 members (excludes halogenated alkanes) is 4. The summed E-state index contributed by atoms with van der Waals surface area (Å²) in [6.07, 6.45) is 10.3. The largest absolute Gasteiger partial charge is 0.165 e. The van der Waals surface area contributed by atoms with Crippen LogP contribution in [0.1, 0.15) is 44.6 Å². The van der Waals surface area contributed by atoms with Crippen LogP contribution in [0, 0.1) is 0 Å². The molecule has 1 rings (SSSR count). The van der Waals surface area contributed by atoms with Gasteiger partial charge in [-0.05, 0) is 36.8 Å². The Kier molecular flexibility index (Phi) is 9.59. The van der Waals surface area contributed by atoms with Crippen molar-refractivity contribution in [2.75, 3.05) is 17.8 Å². The Morgan fingerprint density at radius 1 is 0.889 bits per heavy atom. The first kappa shape index (κ1) is 16.0. The molecule has 0 atom stereocenters. The van der Waals surface area contributed by atoms with E-state index >= 15 is 0 Å². The van der Waals surface area contributed by atoms with E-state index in [4.69, 9.17) is 0 Å². The molecule has 0 amide bonds. The summed E-state index contributed by atoms with van der Waals surface area (Å²) in [6, 6.07) is 9.18. The number of hydrogen-bond acceptors (Lipinski definition) is 2. The van der Waals surface area contributed by atoms with Crippen LogP contribution in [0.25, 0.3) is 0 Å². The predicted molar refractivity (Wildman–Crippen MR) is 88.0 cm³/mol. The minimum atomic E-state index is 1.22. The van der Waals surface area contributed by atoms with Crippen molar-refractivity contribution in [2.45, 2.75) is 50.3 Å². The van der Waals surface area contributed by atoms with Crippen LogP contribution in [0.3, 0.4) is 0 Å². The van der Waals surface area contributed by atoms with Gasteiger partial charge in [0, 0.05) is 16.4 Å². The highest BCUT2D eigenvalue weighted by Gasteiger charge is 1.96. The van der Waals surface area contributed by atoms with Crippen LogP contribution in [-0.4, -0.2) is 17.8 Å². The number of rotatable bonds is 10. The van der Waals surface area contributed by atoms with Gasteiger partial charge in [0.1, 0.15) is 0 Å². The molecule has 0 aliphatic rings. The molecule has 0 aliphatic heterocycles. The van der Waals surface area contributed by atoms with Crippen molar-refractivity contribution in [1.29, 1.82) is 0 Å². The van der Waals surface area contributed by atoms with Gasteiger partial charge in [0.05, 0.1) is 0 Å². The third-order valence-corrected chi connectivity index (χ3v) is 4.93. The summed E-state index contributed by atoms with van der Waals surface area (Å²) in [4.78, 5) is 1.42. The van der Waals surface area contributed by atoms with E-state index in [1.54, 1.807) is 0 Å². The smallest absolute Gasteiger partial charge is 0.00724 e. The normalized spacial score (nSPS) is 10.8. The van der Waals surface area contributed by atoms with Gasteiger partial charge in [-0.25, -0.2) is 0 Å². The molecule has 0 saturated heterocycles. The first-order chi connectivity index (χ1) is 8.86. The van der Waals surface area contributed by atoms with E-state index in [9.17, 15) is 0 Å². The zero-order valence-electron chi connectivity index (χ0n) is 11.8. The molecule has 18 heavy (non-hydrogen) atoms. The standard InChI is InChI=1S/C16H26S2/c1-3-4-5-6-7-8-15-9-11-16(12-10-15)18-14-13-17-2/h9-12H,3-8,13-14H2,1-2H3. The average molecular weight is 283 g/mol. The Bertz CT molecular complexity index is 292. The molecule has 0 heterocycles. The molecule has 1 aromatic carbocycles. The third-order valence-electron chi connectivity index (χ3n) is 3.05. The minimum Gasteiger partial charge on any atom is -0.165 e. The Hall–Kier alpha value is -0.0800. The summed E-state index contributed by atoms with van der Waals surface area (Å²) >= 11 is 3.89. The third kappa shape index (κ3) is 7.38. The second-order valence-corrected chi connectivity index (χ2v) is 6.80. The highest BCUT2D eigenvalue weighted by Crippen LogP contribution is 2.20. The fourth-order valence-electron chi connectivity index (χ4n) is 1.93. The van der Waals surface area contributed by atoms with Gasteiger partial charge >= 0.3 is 0 Å². The van der Waals surface area contributed by atoms with Crippen LogP contribution in [0.15, 0.2) is 29.2 Å². The summed E-state index contributed by atoms with van der Waals surface area (Å²) < 4.78 is 0. The highest BCUT2D eigenvalue weighted by atomic mass is 32.2.